The van der Waals surface area contributed by atoms with Gasteiger partial charge in [0.15, 0.2) is 5.78 Å². The fourth-order valence-electron chi connectivity index (χ4n) is 4.04. The van der Waals surface area contributed by atoms with Crippen LogP contribution in [0.5, 0.6) is 0 Å². The van der Waals surface area contributed by atoms with E-state index in [9.17, 15) is 9.59 Å². The second-order valence-electron chi connectivity index (χ2n) is 8.33. The number of fused-ring (bicyclic) bond motifs is 1. The van der Waals surface area contributed by atoms with Gasteiger partial charge < -0.3 is 14.4 Å². The lowest BCUT2D eigenvalue weighted by molar-refractivity contribution is -0.137. The minimum atomic E-state index is -0.659. The van der Waals surface area contributed by atoms with Crippen LogP contribution < -0.4 is 0 Å². The number of hydrogen-bond acceptors (Lipinski definition) is 6. The molecule has 1 aromatic carbocycles. The SMILES string of the molecule is COC(=O)C1=C(c2cccs2)C2=CC(OCc3ccccc3)C(=O)CC2=CN1CC(C)C. The average Bonchev–Trinajstić information content (AvgIpc) is 3.31. The number of hydrogen-bond donors (Lipinski definition) is 0. The summed E-state index contributed by atoms with van der Waals surface area (Å²) in [6.45, 7) is 5.20. The Bertz CT molecular complexity index is 1080. The molecular weight excluding hydrogens is 422 g/mol. The predicted octanol–water partition coefficient (Wildman–Crippen LogP) is 4.97. The van der Waals surface area contributed by atoms with E-state index in [4.69, 9.17) is 9.47 Å². The molecule has 2 heterocycles. The van der Waals surface area contributed by atoms with E-state index >= 15 is 0 Å². The van der Waals surface area contributed by atoms with Crippen LogP contribution in [0.25, 0.3) is 5.57 Å². The standard InChI is InChI=1S/C26H27NO4S/c1-17(2)14-27-15-19-12-21(28)22(31-16-18-8-5-4-6-9-18)13-20(19)24(23-10-7-11-32-23)25(27)26(29)30-3/h4-11,13,15,17,22H,12,14,16H2,1-3H3. The molecule has 2 aromatic rings. The van der Waals surface area contributed by atoms with Gasteiger partial charge in [-0.1, -0.05) is 50.2 Å². The molecule has 0 N–H and O–H groups in total. The summed E-state index contributed by atoms with van der Waals surface area (Å²) in [4.78, 5) is 28.8. The molecule has 0 saturated carbocycles. The lowest BCUT2D eigenvalue weighted by Gasteiger charge is -2.35. The van der Waals surface area contributed by atoms with Gasteiger partial charge in [-0.3, -0.25) is 4.79 Å². The number of Topliss-reactive ketones (excluding diaryl/α,β-unsaturated/α-hetero) is 1. The zero-order valence-corrected chi connectivity index (χ0v) is 19.4. The fraction of sp³-hybridized carbons (Fsp3) is 0.308. The molecule has 0 fully saturated rings. The minimum absolute atomic E-state index is 0.0208. The summed E-state index contributed by atoms with van der Waals surface area (Å²) in [5.74, 6) is -0.0424. The summed E-state index contributed by atoms with van der Waals surface area (Å²) in [7, 11) is 1.40. The molecule has 6 heteroatoms. The number of esters is 1. The fourth-order valence-corrected chi connectivity index (χ4v) is 4.83. The van der Waals surface area contributed by atoms with Crippen LogP contribution in [0.15, 0.2) is 77.0 Å². The number of nitrogens with zero attached hydrogens (tertiary/aromatic N) is 1. The van der Waals surface area contributed by atoms with Crippen LogP contribution in [-0.4, -0.2) is 36.4 Å². The van der Waals surface area contributed by atoms with E-state index in [0.29, 0.717) is 24.8 Å². The van der Waals surface area contributed by atoms with Gasteiger partial charge in [0.1, 0.15) is 11.8 Å². The largest absolute Gasteiger partial charge is 0.464 e. The molecule has 1 atom stereocenters. The van der Waals surface area contributed by atoms with Crippen molar-refractivity contribution >= 4 is 28.7 Å². The van der Waals surface area contributed by atoms with E-state index in [0.717, 1.165) is 27.2 Å². The second kappa shape index (κ2) is 9.67. The van der Waals surface area contributed by atoms with Gasteiger partial charge in [0.2, 0.25) is 0 Å². The first-order valence-electron chi connectivity index (χ1n) is 10.7. The summed E-state index contributed by atoms with van der Waals surface area (Å²) >= 11 is 1.56. The van der Waals surface area contributed by atoms with Gasteiger partial charge in [0, 0.05) is 29.6 Å². The van der Waals surface area contributed by atoms with Crippen LogP contribution >= 0.6 is 11.3 Å². The highest BCUT2D eigenvalue weighted by atomic mass is 32.1. The van der Waals surface area contributed by atoms with Crippen LogP contribution in [0.4, 0.5) is 0 Å². The summed E-state index contributed by atoms with van der Waals surface area (Å²) in [5.41, 5.74) is 4.12. The van der Waals surface area contributed by atoms with Gasteiger partial charge in [-0.2, -0.15) is 0 Å². The highest BCUT2D eigenvalue weighted by Gasteiger charge is 2.36. The number of rotatable bonds is 7. The number of benzene rings is 1. The van der Waals surface area contributed by atoms with Crippen molar-refractivity contribution in [3.63, 3.8) is 0 Å². The lowest BCUT2D eigenvalue weighted by atomic mass is 9.83. The smallest absolute Gasteiger partial charge is 0.355 e. The van der Waals surface area contributed by atoms with Gasteiger partial charge in [-0.15, -0.1) is 11.3 Å². The van der Waals surface area contributed by atoms with E-state index in [-0.39, 0.29) is 18.2 Å². The Labute approximate surface area is 192 Å². The molecule has 2 aliphatic rings. The van der Waals surface area contributed by atoms with Crippen molar-refractivity contribution in [1.82, 2.24) is 4.90 Å². The van der Waals surface area contributed by atoms with E-state index in [1.807, 2.05) is 65.0 Å². The van der Waals surface area contributed by atoms with Gasteiger partial charge in [-0.05, 0) is 40.2 Å². The number of thiophene rings is 1. The monoisotopic (exact) mass is 449 g/mol. The first kappa shape index (κ1) is 22.2. The van der Waals surface area contributed by atoms with Gasteiger partial charge in [0.05, 0.1) is 13.7 Å². The molecular formula is C26H27NO4S. The molecule has 0 spiro atoms. The maximum Gasteiger partial charge on any atom is 0.355 e. The van der Waals surface area contributed by atoms with Crippen LogP contribution in [0.1, 0.15) is 30.7 Å². The first-order chi connectivity index (χ1) is 15.5. The van der Waals surface area contributed by atoms with Crippen molar-refractivity contribution in [2.45, 2.75) is 33.0 Å². The topological polar surface area (TPSA) is 55.8 Å². The van der Waals surface area contributed by atoms with Gasteiger partial charge in [0.25, 0.3) is 0 Å². The molecule has 1 aliphatic carbocycles. The van der Waals surface area contributed by atoms with E-state index in [2.05, 4.69) is 13.8 Å². The lowest BCUT2D eigenvalue weighted by Crippen LogP contribution is -2.35. The Morgan fingerprint density at radius 3 is 2.62 bits per heavy atom. The zero-order valence-electron chi connectivity index (χ0n) is 18.5. The summed E-state index contributed by atoms with van der Waals surface area (Å²) in [6, 6.07) is 13.8. The highest BCUT2D eigenvalue weighted by molar-refractivity contribution is 7.11. The van der Waals surface area contributed by atoms with Crippen molar-refractivity contribution in [3.8, 4) is 0 Å². The molecule has 4 rings (SSSR count). The predicted molar refractivity (Wildman–Crippen MR) is 126 cm³/mol. The van der Waals surface area contributed by atoms with Gasteiger partial charge in [-0.25, -0.2) is 4.79 Å². The third-order valence-corrected chi connectivity index (χ3v) is 6.32. The Morgan fingerprint density at radius 2 is 1.97 bits per heavy atom. The maximum atomic E-state index is 12.9. The van der Waals surface area contributed by atoms with Crippen molar-refractivity contribution in [3.05, 3.63) is 87.4 Å². The summed E-state index contributed by atoms with van der Waals surface area (Å²) in [6.07, 6.45) is 3.41. The zero-order chi connectivity index (χ0) is 22.7. The second-order valence-corrected chi connectivity index (χ2v) is 9.28. The molecule has 0 bridgehead atoms. The molecule has 1 unspecified atom stereocenters. The van der Waals surface area contributed by atoms with Crippen molar-refractivity contribution in [2.24, 2.45) is 5.92 Å². The highest BCUT2D eigenvalue weighted by Crippen LogP contribution is 2.43. The third kappa shape index (κ3) is 4.61. The average molecular weight is 450 g/mol. The molecule has 32 heavy (non-hydrogen) atoms. The molecule has 0 radical (unpaired) electrons. The Kier molecular flexibility index (Phi) is 6.72. The summed E-state index contributed by atoms with van der Waals surface area (Å²) < 4.78 is 11.2. The Balaban J connectivity index is 1.77. The third-order valence-electron chi connectivity index (χ3n) is 5.43. The molecule has 0 saturated heterocycles. The number of allylic oxidation sites excluding steroid dienone is 3. The van der Waals surface area contributed by atoms with E-state index in [1.165, 1.54) is 7.11 Å². The molecule has 1 aliphatic heterocycles. The molecule has 0 amide bonds. The summed E-state index contributed by atoms with van der Waals surface area (Å²) in [5, 5.41) is 1.99. The van der Waals surface area contributed by atoms with Crippen LogP contribution in [0.3, 0.4) is 0 Å². The minimum Gasteiger partial charge on any atom is -0.464 e. The number of methoxy groups -OCH3 is 1. The quantitative estimate of drug-likeness (QED) is 0.559. The molecule has 166 valence electrons. The number of carbonyl (C=O) groups excluding carboxylic acids is 2. The van der Waals surface area contributed by atoms with Crippen LogP contribution in [0.2, 0.25) is 0 Å². The Hall–Kier alpha value is -2.96. The van der Waals surface area contributed by atoms with Crippen LogP contribution in [-0.2, 0) is 25.7 Å². The van der Waals surface area contributed by atoms with Crippen molar-refractivity contribution < 1.29 is 19.1 Å². The van der Waals surface area contributed by atoms with E-state index in [1.54, 1.807) is 11.3 Å². The first-order valence-corrected chi connectivity index (χ1v) is 11.6. The Morgan fingerprint density at radius 1 is 1.19 bits per heavy atom. The molecule has 5 nitrogen and oxygen atoms in total. The number of carbonyl (C=O) groups is 2. The van der Waals surface area contributed by atoms with Crippen molar-refractivity contribution in [1.29, 1.82) is 0 Å². The normalized spacial score (nSPS) is 18.4. The number of ketones is 1. The maximum absolute atomic E-state index is 12.9. The molecule has 1 aromatic heterocycles. The van der Waals surface area contributed by atoms with Crippen LogP contribution in [0, 0.1) is 5.92 Å². The van der Waals surface area contributed by atoms with Gasteiger partial charge >= 0.3 is 5.97 Å². The van der Waals surface area contributed by atoms with E-state index < -0.39 is 6.10 Å². The van der Waals surface area contributed by atoms with Crippen molar-refractivity contribution in [2.75, 3.05) is 13.7 Å². The number of ether oxygens (including phenoxy) is 2.